The van der Waals surface area contributed by atoms with Crippen LogP contribution in [0.3, 0.4) is 0 Å². The predicted octanol–water partition coefficient (Wildman–Crippen LogP) is 4.09. The second-order valence-electron chi connectivity index (χ2n) is 3.36. The van der Waals surface area contributed by atoms with Crippen molar-refractivity contribution in [2.75, 3.05) is 0 Å². The molecule has 0 bridgehead atoms. The quantitative estimate of drug-likeness (QED) is 0.920. The zero-order chi connectivity index (χ0) is 11.4. The average molecular weight is 295 g/mol. The van der Waals surface area contributed by atoms with Crippen molar-refractivity contribution in [3.05, 3.63) is 58.6 Å². The van der Waals surface area contributed by atoms with Gasteiger partial charge < -0.3 is 5.11 Å². The highest BCUT2D eigenvalue weighted by Crippen LogP contribution is 2.28. The topological polar surface area (TPSA) is 20.2 Å². The van der Waals surface area contributed by atoms with E-state index in [1.807, 2.05) is 36.4 Å². The molecule has 1 nitrogen and oxygen atoms in total. The van der Waals surface area contributed by atoms with Crippen LogP contribution in [-0.2, 0) is 6.61 Å². The van der Waals surface area contributed by atoms with Gasteiger partial charge in [-0.15, -0.1) is 0 Å². The van der Waals surface area contributed by atoms with Crippen molar-refractivity contribution in [3.8, 4) is 0 Å². The number of hydrogen-bond acceptors (Lipinski definition) is 2. The molecule has 0 radical (unpaired) electrons. The van der Waals surface area contributed by atoms with Crippen molar-refractivity contribution in [1.82, 2.24) is 0 Å². The van der Waals surface area contributed by atoms with E-state index in [-0.39, 0.29) is 6.61 Å². The molecule has 0 aliphatic heterocycles. The third-order valence-corrected chi connectivity index (χ3v) is 3.70. The fraction of sp³-hybridized carbons (Fsp3) is 0.0769. The summed E-state index contributed by atoms with van der Waals surface area (Å²) in [7, 11) is 0. The van der Waals surface area contributed by atoms with Crippen LogP contribution in [0.5, 0.6) is 0 Å². The summed E-state index contributed by atoms with van der Waals surface area (Å²) in [6, 6.07) is 16.2. The summed E-state index contributed by atoms with van der Waals surface area (Å²) in [6.45, 7) is 0.100. The number of aliphatic hydroxyl groups is 1. The molecule has 2 aromatic rings. The summed E-state index contributed by atoms with van der Waals surface area (Å²) in [5, 5.41) is 8.94. The van der Waals surface area contributed by atoms with Crippen LogP contribution in [0.4, 0.5) is 0 Å². The van der Waals surface area contributed by atoms with Crippen molar-refractivity contribution >= 4 is 27.7 Å². The number of benzene rings is 2. The van der Waals surface area contributed by atoms with E-state index in [2.05, 4.69) is 28.1 Å². The molecule has 0 saturated carbocycles. The Labute approximate surface area is 108 Å². The van der Waals surface area contributed by atoms with E-state index in [1.165, 1.54) is 9.79 Å². The van der Waals surface area contributed by atoms with Crippen molar-refractivity contribution < 1.29 is 5.11 Å². The van der Waals surface area contributed by atoms with Crippen LogP contribution in [0.25, 0.3) is 0 Å². The molecule has 0 fully saturated rings. The van der Waals surface area contributed by atoms with Gasteiger partial charge in [0.25, 0.3) is 0 Å². The van der Waals surface area contributed by atoms with Crippen LogP contribution in [0, 0.1) is 0 Å². The smallest absolute Gasteiger partial charge is 0.0681 e. The molecule has 0 saturated heterocycles. The van der Waals surface area contributed by atoms with Crippen molar-refractivity contribution in [2.45, 2.75) is 16.4 Å². The summed E-state index contributed by atoms with van der Waals surface area (Å²) in [6.07, 6.45) is 0. The van der Waals surface area contributed by atoms with Crippen LogP contribution in [0.1, 0.15) is 5.56 Å². The predicted molar refractivity (Wildman–Crippen MR) is 70.6 cm³/mol. The molecule has 0 unspecified atom stereocenters. The largest absolute Gasteiger partial charge is 0.392 e. The minimum absolute atomic E-state index is 0.100. The Morgan fingerprint density at radius 1 is 0.875 bits per heavy atom. The van der Waals surface area contributed by atoms with E-state index in [1.54, 1.807) is 11.8 Å². The van der Waals surface area contributed by atoms with Gasteiger partial charge in [0, 0.05) is 14.3 Å². The van der Waals surface area contributed by atoms with Crippen LogP contribution in [0.15, 0.2) is 62.8 Å². The first kappa shape index (κ1) is 11.7. The van der Waals surface area contributed by atoms with Crippen LogP contribution in [0.2, 0.25) is 0 Å². The molecule has 0 aliphatic carbocycles. The second kappa shape index (κ2) is 5.53. The summed E-state index contributed by atoms with van der Waals surface area (Å²) in [5.74, 6) is 0. The first-order valence-electron chi connectivity index (χ1n) is 4.91. The van der Waals surface area contributed by atoms with Gasteiger partial charge in [-0.05, 0) is 42.0 Å². The number of aliphatic hydroxyl groups excluding tert-OH is 1. The van der Waals surface area contributed by atoms with E-state index >= 15 is 0 Å². The lowest BCUT2D eigenvalue weighted by atomic mass is 10.2. The van der Waals surface area contributed by atoms with Gasteiger partial charge in [0.1, 0.15) is 0 Å². The molecule has 3 heteroatoms. The standard InChI is InChI=1S/C13H11BrOS/c14-11-3-7-13(8-4-11)16-12-5-1-10(9-15)2-6-12/h1-8,15H,9H2. The molecule has 0 aliphatic rings. The van der Waals surface area contributed by atoms with E-state index < -0.39 is 0 Å². The Morgan fingerprint density at radius 3 is 1.88 bits per heavy atom. The minimum atomic E-state index is 0.100. The van der Waals surface area contributed by atoms with Crippen molar-refractivity contribution in [3.63, 3.8) is 0 Å². The Morgan fingerprint density at radius 2 is 1.38 bits per heavy atom. The van der Waals surface area contributed by atoms with Crippen LogP contribution >= 0.6 is 27.7 Å². The molecule has 82 valence electrons. The zero-order valence-electron chi connectivity index (χ0n) is 8.56. The van der Waals surface area contributed by atoms with Gasteiger partial charge in [-0.25, -0.2) is 0 Å². The molecule has 2 aromatic carbocycles. The fourth-order valence-electron chi connectivity index (χ4n) is 1.30. The van der Waals surface area contributed by atoms with Crippen LogP contribution < -0.4 is 0 Å². The fourth-order valence-corrected chi connectivity index (χ4v) is 2.38. The molecule has 0 amide bonds. The molecule has 0 atom stereocenters. The van der Waals surface area contributed by atoms with Gasteiger partial charge in [0.05, 0.1) is 6.61 Å². The van der Waals surface area contributed by atoms with E-state index in [9.17, 15) is 0 Å². The van der Waals surface area contributed by atoms with Gasteiger partial charge in [-0.2, -0.15) is 0 Å². The maximum Gasteiger partial charge on any atom is 0.0681 e. The Kier molecular flexibility index (Phi) is 4.04. The maximum atomic E-state index is 8.94. The molecular formula is C13H11BrOS. The SMILES string of the molecule is OCc1ccc(Sc2ccc(Br)cc2)cc1. The maximum absolute atomic E-state index is 8.94. The second-order valence-corrected chi connectivity index (χ2v) is 5.42. The molecular weight excluding hydrogens is 284 g/mol. The van der Waals surface area contributed by atoms with Gasteiger partial charge >= 0.3 is 0 Å². The Balaban J connectivity index is 2.11. The Bertz CT molecular complexity index is 450. The van der Waals surface area contributed by atoms with Crippen molar-refractivity contribution in [1.29, 1.82) is 0 Å². The number of rotatable bonds is 3. The summed E-state index contributed by atoms with van der Waals surface area (Å²) in [4.78, 5) is 2.39. The van der Waals surface area contributed by atoms with E-state index in [0.29, 0.717) is 0 Å². The first-order valence-corrected chi connectivity index (χ1v) is 6.52. The lowest BCUT2D eigenvalue weighted by molar-refractivity contribution is 0.282. The summed E-state index contributed by atoms with van der Waals surface area (Å²) >= 11 is 5.13. The Hall–Kier alpha value is -0.770. The molecule has 0 aromatic heterocycles. The van der Waals surface area contributed by atoms with Gasteiger partial charge in [-0.1, -0.05) is 39.8 Å². The molecule has 0 spiro atoms. The highest BCUT2D eigenvalue weighted by atomic mass is 79.9. The van der Waals surface area contributed by atoms with E-state index in [0.717, 1.165) is 10.0 Å². The van der Waals surface area contributed by atoms with Gasteiger partial charge in [-0.3, -0.25) is 0 Å². The number of halogens is 1. The highest BCUT2D eigenvalue weighted by molar-refractivity contribution is 9.10. The van der Waals surface area contributed by atoms with Gasteiger partial charge in [0.2, 0.25) is 0 Å². The number of hydrogen-bond donors (Lipinski definition) is 1. The van der Waals surface area contributed by atoms with Crippen molar-refractivity contribution in [2.24, 2.45) is 0 Å². The third-order valence-electron chi connectivity index (χ3n) is 2.16. The summed E-state index contributed by atoms with van der Waals surface area (Å²) in [5.41, 5.74) is 0.945. The first-order chi connectivity index (χ1) is 7.78. The molecule has 1 N–H and O–H groups in total. The van der Waals surface area contributed by atoms with Gasteiger partial charge in [0.15, 0.2) is 0 Å². The monoisotopic (exact) mass is 294 g/mol. The zero-order valence-corrected chi connectivity index (χ0v) is 11.0. The van der Waals surface area contributed by atoms with E-state index in [4.69, 9.17) is 5.11 Å². The normalized spacial score (nSPS) is 10.4. The molecule has 16 heavy (non-hydrogen) atoms. The molecule has 0 heterocycles. The van der Waals surface area contributed by atoms with Crippen LogP contribution in [-0.4, -0.2) is 5.11 Å². The highest BCUT2D eigenvalue weighted by Gasteiger charge is 1.97. The lowest BCUT2D eigenvalue weighted by Gasteiger charge is -2.02. The lowest BCUT2D eigenvalue weighted by Crippen LogP contribution is -1.81. The average Bonchev–Trinajstić information content (AvgIpc) is 2.33. The third kappa shape index (κ3) is 3.11. The minimum Gasteiger partial charge on any atom is -0.392 e. The molecule has 2 rings (SSSR count). The summed E-state index contributed by atoms with van der Waals surface area (Å²) < 4.78 is 1.09.